The number of rotatable bonds is 0. The van der Waals surface area contributed by atoms with E-state index in [9.17, 15) is 0 Å². The van der Waals surface area contributed by atoms with Crippen LogP contribution in [0, 0.1) is 6.92 Å². The van der Waals surface area contributed by atoms with Crippen molar-refractivity contribution in [2.45, 2.75) is 20.4 Å². The molecule has 11 heavy (non-hydrogen) atoms. The van der Waals surface area contributed by atoms with Crippen molar-refractivity contribution in [2.75, 3.05) is 0 Å². The molecule has 0 unspecified atom stereocenters. The van der Waals surface area contributed by atoms with E-state index in [0.717, 1.165) is 6.61 Å². The molecule has 0 aliphatic carbocycles. The first-order chi connectivity index (χ1) is 5.27. The molecule has 0 saturated carbocycles. The van der Waals surface area contributed by atoms with Crippen molar-refractivity contribution < 1.29 is 4.65 Å². The van der Waals surface area contributed by atoms with Crippen molar-refractivity contribution >= 4 is 12.4 Å². The lowest BCUT2D eigenvalue weighted by Crippen LogP contribution is -2.23. The molecule has 0 radical (unpaired) electrons. The van der Waals surface area contributed by atoms with Gasteiger partial charge in [-0.05, 0) is 17.9 Å². The smallest absolute Gasteiger partial charge is 0.324 e. The third-order valence-corrected chi connectivity index (χ3v) is 2.23. The zero-order valence-corrected chi connectivity index (χ0v) is 6.92. The van der Waals surface area contributed by atoms with Gasteiger partial charge < -0.3 is 4.65 Å². The van der Waals surface area contributed by atoms with Crippen LogP contribution < -0.4 is 5.46 Å². The molecule has 0 fully saturated rings. The van der Waals surface area contributed by atoms with Gasteiger partial charge in [-0.15, -0.1) is 0 Å². The van der Waals surface area contributed by atoms with Gasteiger partial charge in [-0.2, -0.15) is 0 Å². The van der Waals surface area contributed by atoms with Gasteiger partial charge in [0, 0.05) is 0 Å². The van der Waals surface area contributed by atoms with E-state index >= 15 is 0 Å². The van der Waals surface area contributed by atoms with E-state index in [4.69, 9.17) is 4.65 Å². The topological polar surface area (TPSA) is 9.23 Å². The van der Waals surface area contributed by atoms with Crippen LogP contribution in [0.15, 0.2) is 18.2 Å². The molecule has 0 atom stereocenters. The second-order valence-corrected chi connectivity index (χ2v) is 3.16. The fourth-order valence-corrected chi connectivity index (χ4v) is 1.56. The predicted octanol–water partition coefficient (Wildman–Crippen LogP) is 1.35. The van der Waals surface area contributed by atoms with Gasteiger partial charge in [0.1, 0.15) is 0 Å². The Bertz CT molecular complexity index is 283. The van der Waals surface area contributed by atoms with Gasteiger partial charge in [-0.3, -0.25) is 0 Å². The maximum absolute atomic E-state index is 5.48. The van der Waals surface area contributed by atoms with Gasteiger partial charge in [0.25, 0.3) is 0 Å². The fraction of sp³-hybridized carbons (Fsp3) is 0.333. The third-order valence-electron chi connectivity index (χ3n) is 2.23. The standard InChI is InChI=1S/C9H11BO/c1-7-3-4-9-8(5-7)6-11-10(9)2/h3-5H,6H2,1-2H3. The van der Waals surface area contributed by atoms with E-state index in [1.807, 2.05) is 0 Å². The fourth-order valence-electron chi connectivity index (χ4n) is 1.56. The predicted molar refractivity (Wildman–Crippen MR) is 47.2 cm³/mol. The summed E-state index contributed by atoms with van der Waals surface area (Å²) < 4.78 is 5.48. The van der Waals surface area contributed by atoms with Gasteiger partial charge in [-0.1, -0.05) is 30.6 Å². The molecule has 0 aromatic heterocycles. The summed E-state index contributed by atoms with van der Waals surface area (Å²) in [7, 11) is 0. The second kappa shape index (κ2) is 2.38. The molecule has 1 aliphatic rings. The minimum absolute atomic E-state index is 0.297. The number of hydrogen-bond donors (Lipinski definition) is 0. The van der Waals surface area contributed by atoms with Crippen LogP contribution in [-0.2, 0) is 11.3 Å². The van der Waals surface area contributed by atoms with Gasteiger partial charge in [0.05, 0.1) is 6.61 Å². The molecule has 0 spiro atoms. The average Bonchev–Trinajstić information content (AvgIpc) is 2.32. The van der Waals surface area contributed by atoms with Gasteiger partial charge >= 0.3 is 6.92 Å². The molecule has 1 heterocycles. The van der Waals surface area contributed by atoms with Crippen molar-refractivity contribution in [1.82, 2.24) is 0 Å². The molecular weight excluding hydrogens is 135 g/mol. The minimum atomic E-state index is 0.297. The third kappa shape index (κ3) is 1.08. The van der Waals surface area contributed by atoms with E-state index in [0.29, 0.717) is 6.92 Å². The van der Waals surface area contributed by atoms with E-state index < -0.39 is 0 Å². The van der Waals surface area contributed by atoms with Crippen molar-refractivity contribution in [3.8, 4) is 0 Å². The number of hydrogen-bond acceptors (Lipinski definition) is 1. The summed E-state index contributed by atoms with van der Waals surface area (Å²) in [5.74, 6) is 0. The van der Waals surface area contributed by atoms with Crippen molar-refractivity contribution in [2.24, 2.45) is 0 Å². The highest BCUT2D eigenvalue weighted by molar-refractivity contribution is 6.67. The molecule has 0 saturated heterocycles. The number of benzene rings is 1. The molecule has 2 heteroatoms. The molecule has 0 N–H and O–H groups in total. The van der Waals surface area contributed by atoms with E-state index in [1.54, 1.807) is 0 Å². The van der Waals surface area contributed by atoms with Crippen LogP contribution in [0.2, 0.25) is 6.82 Å². The lowest BCUT2D eigenvalue weighted by Gasteiger charge is -1.98. The van der Waals surface area contributed by atoms with E-state index in [-0.39, 0.29) is 0 Å². The first kappa shape index (κ1) is 6.92. The summed E-state index contributed by atoms with van der Waals surface area (Å²) in [6, 6.07) is 6.52. The summed E-state index contributed by atoms with van der Waals surface area (Å²) in [5.41, 5.74) is 4.04. The molecule has 2 rings (SSSR count). The molecule has 1 aromatic rings. The Labute approximate surface area is 67.5 Å². The zero-order valence-electron chi connectivity index (χ0n) is 6.92. The summed E-state index contributed by atoms with van der Waals surface area (Å²) in [4.78, 5) is 0. The largest absolute Gasteiger partial charge is 0.427 e. The van der Waals surface area contributed by atoms with Crippen LogP contribution in [0.25, 0.3) is 0 Å². The maximum Gasteiger partial charge on any atom is 0.324 e. The van der Waals surface area contributed by atoms with Crippen LogP contribution >= 0.6 is 0 Å². The van der Waals surface area contributed by atoms with Crippen molar-refractivity contribution in [3.63, 3.8) is 0 Å². The highest BCUT2D eigenvalue weighted by atomic mass is 16.4. The molecule has 56 valence electrons. The molecular formula is C9H11BO. The molecule has 0 bridgehead atoms. The van der Waals surface area contributed by atoms with E-state index in [2.05, 4.69) is 31.9 Å². The first-order valence-electron chi connectivity index (χ1n) is 3.98. The number of fused-ring (bicyclic) bond motifs is 1. The van der Waals surface area contributed by atoms with Gasteiger partial charge in [0.15, 0.2) is 0 Å². The first-order valence-corrected chi connectivity index (χ1v) is 3.98. The molecule has 1 aliphatic heterocycles. The highest BCUT2D eigenvalue weighted by Gasteiger charge is 2.22. The van der Waals surface area contributed by atoms with Crippen molar-refractivity contribution in [1.29, 1.82) is 0 Å². The zero-order chi connectivity index (χ0) is 7.84. The Morgan fingerprint density at radius 3 is 3.09 bits per heavy atom. The van der Waals surface area contributed by atoms with Crippen LogP contribution in [0.5, 0.6) is 0 Å². The second-order valence-electron chi connectivity index (χ2n) is 3.16. The summed E-state index contributed by atoms with van der Waals surface area (Å²) in [5, 5.41) is 0. The Kier molecular flexibility index (Phi) is 1.50. The Hall–Kier alpha value is -0.755. The quantitative estimate of drug-likeness (QED) is 0.502. The van der Waals surface area contributed by atoms with Crippen LogP contribution in [0.3, 0.4) is 0 Å². The van der Waals surface area contributed by atoms with Crippen LogP contribution in [0.4, 0.5) is 0 Å². The Morgan fingerprint density at radius 1 is 1.45 bits per heavy atom. The maximum atomic E-state index is 5.48. The normalized spacial score (nSPS) is 15.3. The molecule has 0 amide bonds. The van der Waals surface area contributed by atoms with Crippen molar-refractivity contribution in [3.05, 3.63) is 29.3 Å². The lowest BCUT2D eigenvalue weighted by atomic mass is 9.64. The monoisotopic (exact) mass is 146 g/mol. The van der Waals surface area contributed by atoms with Crippen LogP contribution in [0.1, 0.15) is 11.1 Å². The molecule has 1 nitrogen and oxygen atoms in total. The van der Waals surface area contributed by atoms with E-state index in [1.165, 1.54) is 16.6 Å². The minimum Gasteiger partial charge on any atom is -0.427 e. The van der Waals surface area contributed by atoms with Crippen LogP contribution in [-0.4, -0.2) is 6.92 Å². The average molecular weight is 146 g/mol. The Morgan fingerprint density at radius 2 is 2.27 bits per heavy atom. The van der Waals surface area contributed by atoms with Gasteiger partial charge in [0.2, 0.25) is 0 Å². The number of aryl methyl sites for hydroxylation is 1. The van der Waals surface area contributed by atoms with Gasteiger partial charge in [-0.25, -0.2) is 0 Å². The molecule has 1 aromatic carbocycles. The summed E-state index contributed by atoms with van der Waals surface area (Å²) in [6.07, 6.45) is 0. The lowest BCUT2D eigenvalue weighted by molar-refractivity contribution is 0.333. The SMILES string of the molecule is CB1OCc2cc(C)ccc21. The Balaban J connectivity index is 2.50. The summed E-state index contributed by atoms with van der Waals surface area (Å²) >= 11 is 0. The summed E-state index contributed by atoms with van der Waals surface area (Å²) in [6.45, 7) is 5.30. The highest BCUT2D eigenvalue weighted by Crippen LogP contribution is 2.11.